The van der Waals surface area contributed by atoms with Crippen LogP contribution in [0.15, 0.2) is 22.8 Å². The molecule has 0 saturated carbocycles. The summed E-state index contributed by atoms with van der Waals surface area (Å²) in [5.74, 6) is -0.588. The molecule has 1 aromatic carbocycles. The molecule has 0 bridgehead atoms. The van der Waals surface area contributed by atoms with Gasteiger partial charge in [-0.15, -0.1) is 0 Å². The molecule has 0 radical (unpaired) electrons. The van der Waals surface area contributed by atoms with E-state index in [0.29, 0.717) is 29.1 Å². The van der Waals surface area contributed by atoms with Crippen LogP contribution in [0.2, 0.25) is 0 Å². The van der Waals surface area contributed by atoms with Crippen LogP contribution < -0.4 is 5.73 Å². The van der Waals surface area contributed by atoms with Crippen molar-refractivity contribution < 1.29 is 8.78 Å². The SMILES string of the molecule is NCCc1nc(-c2ccc(F)cc2F)c(Br)[nH]1. The van der Waals surface area contributed by atoms with Gasteiger partial charge >= 0.3 is 0 Å². The molecule has 2 rings (SSSR count). The standard InChI is InChI=1S/C11H10BrF2N3/c12-11-10(16-9(17-11)3-4-15)7-2-1-6(13)5-8(7)14/h1-2,5H,3-4,15H2,(H,16,17). The molecule has 0 spiro atoms. The van der Waals surface area contributed by atoms with Crippen LogP contribution in [-0.4, -0.2) is 16.5 Å². The second-order valence-corrected chi connectivity index (χ2v) is 4.30. The molecule has 0 unspecified atom stereocenters. The van der Waals surface area contributed by atoms with Gasteiger partial charge in [0.15, 0.2) is 0 Å². The third-order valence-electron chi connectivity index (χ3n) is 2.28. The quantitative estimate of drug-likeness (QED) is 0.915. The van der Waals surface area contributed by atoms with E-state index in [4.69, 9.17) is 5.73 Å². The van der Waals surface area contributed by atoms with Crippen molar-refractivity contribution in [1.29, 1.82) is 0 Å². The number of nitrogens with two attached hydrogens (primary N) is 1. The second kappa shape index (κ2) is 4.93. The average molecular weight is 302 g/mol. The van der Waals surface area contributed by atoms with Crippen molar-refractivity contribution in [2.24, 2.45) is 5.73 Å². The Hall–Kier alpha value is -1.27. The molecule has 90 valence electrons. The van der Waals surface area contributed by atoms with Crippen LogP contribution in [0.4, 0.5) is 8.78 Å². The zero-order valence-corrected chi connectivity index (χ0v) is 10.4. The van der Waals surface area contributed by atoms with Gasteiger partial charge in [-0.1, -0.05) is 0 Å². The second-order valence-electron chi connectivity index (χ2n) is 3.51. The van der Waals surface area contributed by atoms with Crippen LogP contribution >= 0.6 is 15.9 Å². The summed E-state index contributed by atoms with van der Waals surface area (Å²) >= 11 is 3.26. The van der Waals surface area contributed by atoms with Crippen LogP contribution in [0.5, 0.6) is 0 Å². The topological polar surface area (TPSA) is 54.7 Å². The zero-order valence-electron chi connectivity index (χ0n) is 8.80. The van der Waals surface area contributed by atoms with Crippen LogP contribution in [0.25, 0.3) is 11.3 Å². The number of nitrogens with zero attached hydrogens (tertiary/aromatic N) is 1. The number of hydrogen-bond donors (Lipinski definition) is 2. The molecule has 0 aliphatic rings. The first-order valence-corrected chi connectivity index (χ1v) is 5.81. The number of nitrogens with one attached hydrogen (secondary N) is 1. The van der Waals surface area contributed by atoms with E-state index in [1.807, 2.05) is 0 Å². The highest BCUT2D eigenvalue weighted by molar-refractivity contribution is 9.10. The maximum Gasteiger partial charge on any atom is 0.135 e. The highest BCUT2D eigenvalue weighted by atomic mass is 79.9. The molecule has 1 heterocycles. The van der Waals surface area contributed by atoms with Gasteiger partial charge in [0.05, 0.1) is 0 Å². The van der Waals surface area contributed by atoms with E-state index in [0.717, 1.165) is 6.07 Å². The van der Waals surface area contributed by atoms with E-state index in [9.17, 15) is 8.78 Å². The maximum absolute atomic E-state index is 13.6. The predicted octanol–water partition coefficient (Wildman–Crippen LogP) is 2.62. The lowest BCUT2D eigenvalue weighted by atomic mass is 10.1. The number of H-pyrrole nitrogens is 1. The minimum atomic E-state index is -0.642. The Labute approximate surface area is 105 Å². The third-order valence-corrected chi connectivity index (χ3v) is 2.85. The molecular formula is C11H10BrF2N3. The van der Waals surface area contributed by atoms with Gasteiger partial charge in [-0.05, 0) is 34.6 Å². The minimum Gasteiger partial charge on any atom is -0.336 e. The lowest BCUT2D eigenvalue weighted by Gasteiger charge is -1.99. The fourth-order valence-electron chi connectivity index (χ4n) is 1.51. The fourth-order valence-corrected chi connectivity index (χ4v) is 2.04. The molecule has 0 amide bonds. The summed E-state index contributed by atoms with van der Waals surface area (Å²) in [6.45, 7) is 0.450. The summed E-state index contributed by atoms with van der Waals surface area (Å²) in [5.41, 5.74) is 6.08. The first-order chi connectivity index (χ1) is 8.11. The molecule has 0 aliphatic carbocycles. The molecule has 17 heavy (non-hydrogen) atoms. The van der Waals surface area contributed by atoms with Gasteiger partial charge in [0.25, 0.3) is 0 Å². The molecule has 2 aromatic rings. The summed E-state index contributed by atoms with van der Waals surface area (Å²) in [5, 5.41) is 0. The van der Waals surface area contributed by atoms with Crippen molar-refractivity contribution in [1.82, 2.24) is 9.97 Å². The van der Waals surface area contributed by atoms with Crippen LogP contribution in [0, 0.1) is 11.6 Å². The number of hydrogen-bond acceptors (Lipinski definition) is 2. The van der Waals surface area contributed by atoms with Gasteiger partial charge in [-0.3, -0.25) is 0 Å². The summed E-state index contributed by atoms with van der Waals surface area (Å²) < 4.78 is 26.9. The molecular weight excluding hydrogens is 292 g/mol. The summed E-state index contributed by atoms with van der Waals surface area (Å²) in [7, 11) is 0. The normalized spacial score (nSPS) is 10.8. The monoisotopic (exact) mass is 301 g/mol. The van der Waals surface area contributed by atoms with E-state index >= 15 is 0 Å². The number of imidazole rings is 1. The first kappa shape index (κ1) is 12.2. The third kappa shape index (κ3) is 2.53. The first-order valence-electron chi connectivity index (χ1n) is 5.01. The predicted molar refractivity (Wildman–Crippen MR) is 64.4 cm³/mol. The molecule has 3 nitrogen and oxygen atoms in total. The summed E-state index contributed by atoms with van der Waals surface area (Å²) in [6, 6.07) is 3.39. The van der Waals surface area contributed by atoms with E-state index in [1.54, 1.807) is 0 Å². The number of rotatable bonds is 3. The van der Waals surface area contributed by atoms with Crippen molar-refractivity contribution in [2.75, 3.05) is 6.54 Å². The maximum atomic E-state index is 13.6. The fraction of sp³-hybridized carbons (Fsp3) is 0.182. The Morgan fingerprint density at radius 2 is 2.12 bits per heavy atom. The van der Waals surface area contributed by atoms with Crippen molar-refractivity contribution in [3.8, 4) is 11.3 Å². The number of benzene rings is 1. The summed E-state index contributed by atoms with van der Waals surface area (Å²) in [6.07, 6.45) is 0.571. The van der Waals surface area contributed by atoms with Crippen LogP contribution in [-0.2, 0) is 6.42 Å². The Balaban J connectivity index is 2.45. The smallest absolute Gasteiger partial charge is 0.135 e. The van der Waals surface area contributed by atoms with Gasteiger partial charge in [0.2, 0.25) is 0 Å². The average Bonchev–Trinajstić information content (AvgIpc) is 2.60. The molecule has 3 N–H and O–H groups in total. The van der Waals surface area contributed by atoms with Crippen molar-refractivity contribution in [3.05, 3.63) is 40.3 Å². The Kier molecular flexibility index (Phi) is 3.54. The molecule has 0 atom stereocenters. The Morgan fingerprint density at radius 3 is 2.76 bits per heavy atom. The van der Waals surface area contributed by atoms with Gasteiger partial charge in [-0.2, -0.15) is 0 Å². The van der Waals surface area contributed by atoms with Gasteiger partial charge in [0, 0.05) is 18.1 Å². The van der Waals surface area contributed by atoms with E-state index < -0.39 is 11.6 Å². The van der Waals surface area contributed by atoms with E-state index in [1.165, 1.54) is 12.1 Å². The molecule has 1 aromatic heterocycles. The number of halogens is 3. The number of aromatic amines is 1. The van der Waals surface area contributed by atoms with Crippen LogP contribution in [0.1, 0.15) is 5.82 Å². The van der Waals surface area contributed by atoms with Crippen molar-refractivity contribution in [3.63, 3.8) is 0 Å². The van der Waals surface area contributed by atoms with Crippen molar-refractivity contribution >= 4 is 15.9 Å². The summed E-state index contributed by atoms with van der Waals surface area (Å²) in [4.78, 5) is 7.17. The van der Waals surface area contributed by atoms with Crippen molar-refractivity contribution in [2.45, 2.75) is 6.42 Å². The molecule has 6 heteroatoms. The zero-order chi connectivity index (χ0) is 12.4. The van der Waals surface area contributed by atoms with Gasteiger partial charge in [-0.25, -0.2) is 13.8 Å². The van der Waals surface area contributed by atoms with Crippen LogP contribution in [0.3, 0.4) is 0 Å². The largest absolute Gasteiger partial charge is 0.336 e. The Morgan fingerprint density at radius 1 is 1.35 bits per heavy atom. The highest BCUT2D eigenvalue weighted by Gasteiger charge is 2.14. The molecule has 0 saturated heterocycles. The molecule has 0 aliphatic heterocycles. The lowest BCUT2D eigenvalue weighted by Crippen LogP contribution is -2.03. The van der Waals surface area contributed by atoms with E-state index in [2.05, 4.69) is 25.9 Å². The van der Waals surface area contributed by atoms with E-state index in [-0.39, 0.29) is 5.56 Å². The van der Waals surface area contributed by atoms with Gasteiger partial charge < -0.3 is 10.7 Å². The highest BCUT2D eigenvalue weighted by Crippen LogP contribution is 2.28. The molecule has 0 fully saturated rings. The minimum absolute atomic E-state index is 0.248. The van der Waals surface area contributed by atoms with Gasteiger partial charge in [0.1, 0.15) is 27.8 Å². The lowest BCUT2D eigenvalue weighted by molar-refractivity contribution is 0.585. The number of aromatic nitrogens is 2. The Bertz CT molecular complexity index is 540.